The van der Waals surface area contributed by atoms with E-state index < -0.39 is 0 Å². The molecule has 0 aliphatic rings. The van der Waals surface area contributed by atoms with Gasteiger partial charge in [-0.15, -0.1) is 0 Å². The Balaban J connectivity index is 2.54. The zero-order valence-electron chi connectivity index (χ0n) is 12.2. The van der Waals surface area contributed by atoms with Crippen molar-refractivity contribution in [1.29, 1.82) is 0 Å². The average molecular weight is 314 g/mol. The fourth-order valence-corrected chi connectivity index (χ4v) is 1.88. The van der Waals surface area contributed by atoms with E-state index in [0.717, 1.165) is 6.42 Å². The monoisotopic (exact) mass is 313 g/mol. The van der Waals surface area contributed by atoms with Gasteiger partial charge in [-0.3, -0.25) is 9.59 Å². The van der Waals surface area contributed by atoms with Gasteiger partial charge in [-0.25, -0.2) is 0 Å². The second kappa shape index (κ2) is 8.49. The van der Waals surface area contributed by atoms with E-state index in [1.54, 1.807) is 19.2 Å². The maximum absolute atomic E-state index is 12.2. The van der Waals surface area contributed by atoms with Crippen LogP contribution in [0.1, 0.15) is 16.8 Å². The molecular weight excluding hydrogens is 294 g/mol. The number of halogens is 1. The number of nitrogens with two attached hydrogens (primary N) is 1. The predicted octanol–water partition coefficient (Wildman–Crippen LogP) is 1.15. The lowest BCUT2D eigenvalue weighted by atomic mass is 10.1. The number of carbonyl (C=O) groups excluding carboxylic acids is 2. The van der Waals surface area contributed by atoms with Crippen molar-refractivity contribution >= 4 is 29.1 Å². The molecular formula is C14H20ClN3O3. The van der Waals surface area contributed by atoms with Gasteiger partial charge in [-0.2, -0.15) is 0 Å². The van der Waals surface area contributed by atoms with Crippen LogP contribution in [0.5, 0.6) is 0 Å². The summed E-state index contributed by atoms with van der Waals surface area (Å²) in [6, 6.07) is 4.66. The van der Waals surface area contributed by atoms with E-state index >= 15 is 0 Å². The largest absolute Gasteiger partial charge is 0.398 e. The molecule has 3 N–H and O–H groups in total. The molecule has 7 heteroatoms. The molecule has 1 rings (SSSR count). The second-order valence-electron chi connectivity index (χ2n) is 4.59. The second-order valence-corrected chi connectivity index (χ2v) is 5.03. The van der Waals surface area contributed by atoms with Gasteiger partial charge in [0.05, 0.1) is 12.1 Å². The van der Waals surface area contributed by atoms with Crippen molar-refractivity contribution in [1.82, 2.24) is 10.2 Å². The molecule has 0 saturated carbocycles. The van der Waals surface area contributed by atoms with Gasteiger partial charge in [0.2, 0.25) is 5.91 Å². The van der Waals surface area contributed by atoms with Gasteiger partial charge in [0.25, 0.3) is 5.91 Å². The summed E-state index contributed by atoms with van der Waals surface area (Å²) in [6.45, 7) is 1.04. The molecule has 0 atom stereocenters. The van der Waals surface area contributed by atoms with Crippen LogP contribution in [0.15, 0.2) is 18.2 Å². The molecule has 1 aromatic rings. The number of likely N-dealkylation sites (N-methyl/N-ethyl adjacent to an activating group) is 1. The van der Waals surface area contributed by atoms with E-state index in [2.05, 4.69) is 5.32 Å². The number of nitrogen functional groups attached to an aromatic ring is 1. The summed E-state index contributed by atoms with van der Waals surface area (Å²) in [5.74, 6) is -0.579. The number of nitrogens with zero attached hydrogens (tertiary/aromatic N) is 1. The molecule has 116 valence electrons. The highest BCUT2D eigenvalue weighted by molar-refractivity contribution is 6.31. The molecule has 0 heterocycles. The molecule has 21 heavy (non-hydrogen) atoms. The first-order chi connectivity index (χ1) is 9.95. The van der Waals surface area contributed by atoms with Crippen molar-refractivity contribution in [2.45, 2.75) is 6.42 Å². The molecule has 0 radical (unpaired) electrons. The number of benzene rings is 1. The summed E-state index contributed by atoms with van der Waals surface area (Å²) in [5, 5.41) is 3.13. The van der Waals surface area contributed by atoms with E-state index in [1.165, 1.54) is 18.0 Å². The highest BCUT2D eigenvalue weighted by atomic mass is 35.5. The lowest BCUT2D eigenvalue weighted by molar-refractivity contribution is -0.121. The van der Waals surface area contributed by atoms with Crippen LogP contribution in [0.25, 0.3) is 0 Å². The molecule has 6 nitrogen and oxygen atoms in total. The SMILES string of the molecule is COCCCNC(=O)CN(C)C(=O)c1cc(Cl)ccc1N. The normalized spacial score (nSPS) is 10.2. The zero-order valence-corrected chi connectivity index (χ0v) is 12.9. The highest BCUT2D eigenvalue weighted by Crippen LogP contribution is 2.19. The van der Waals surface area contributed by atoms with Crippen molar-refractivity contribution in [2.75, 3.05) is 39.6 Å². The molecule has 1 aromatic carbocycles. The van der Waals surface area contributed by atoms with Gasteiger partial charge >= 0.3 is 0 Å². The van der Waals surface area contributed by atoms with E-state index in [4.69, 9.17) is 22.1 Å². The molecule has 0 unspecified atom stereocenters. The van der Waals surface area contributed by atoms with E-state index in [0.29, 0.717) is 23.9 Å². The number of hydrogen-bond acceptors (Lipinski definition) is 4. The summed E-state index contributed by atoms with van der Waals surface area (Å²) in [6.07, 6.45) is 0.723. The Morgan fingerprint density at radius 3 is 2.81 bits per heavy atom. The number of ether oxygens (including phenoxy) is 1. The molecule has 0 aliphatic heterocycles. The Bertz CT molecular complexity index is 508. The smallest absolute Gasteiger partial charge is 0.256 e. The molecule has 0 saturated heterocycles. The summed E-state index contributed by atoms with van der Waals surface area (Å²) < 4.78 is 4.88. The molecule has 0 bridgehead atoms. The molecule has 0 aromatic heterocycles. The maximum Gasteiger partial charge on any atom is 0.256 e. The topological polar surface area (TPSA) is 84.7 Å². The Hall–Kier alpha value is -1.79. The maximum atomic E-state index is 12.2. The van der Waals surface area contributed by atoms with Crippen LogP contribution < -0.4 is 11.1 Å². The van der Waals surface area contributed by atoms with Crippen LogP contribution in [-0.2, 0) is 9.53 Å². The van der Waals surface area contributed by atoms with E-state index in [1.807, 2.05) is 0 Å². The number of methoxy groups -OCH3 is 1. The number of anilines is 1. The number of carbonyl (C=O) groups is 2. The van der Waals surface area contributed by atoms with Crippen molar-refractivity contribution in [3.8, 4) is 0 Å². The Morgan fingerprint density at radius 2 is 2.14 bits per heavy atom. The molecule has 2 amide bonds. The van der Waals surface area contributed by atoms with Crippen LogP contribution >= 0.6 is 11.6 Å². The van der Waals surface area contributed by atoms with Crippen molar-refractivity contribution in [3.63, 3.8) is 0 Å². The number of nitrogens with one attached hydrogen (secondary N) is 1. The van der Waals surface area contributed by atoms with Gasteiger partial charge < -0.3 is 20.7 Å². The first-order valence-electron chi connectivity index (χ1n) is 6.52. The van der Waals surface area contributed by atoms with Gasteiger partial charge in [-0.05, 0) is 24.6 Å². The molecule has 0 aliphatic carbocycles. The van der Waals surface area contributed by atoms with Crippen LogP contribution in [0.2, 0.25) is 5.02 Å². The quantitative estimate of drug-likeness (QED) is 0.584. The van der Waals surface area contributed by atoms with Gasteiger partial charge in [0.1, 0.15) is 0 Å². The Morgan fingerprint density at radius 1 is 1.43 bits per heavy atom. The fourth-order valence-electron chi connectivity index (χ4n) is 1.71. The third-order valence-electron chi connectivity index (χ3n) is 2.82. The summed E-state index contributed by atoms with van der Waals surface area (Å²) in [4.78, 5) is 25.2. The van der Waals surface area contributed by atoms with Crippen LogP contribution in [0, 0.1) is 0 Å². The Kier molecular flexibility index (Phi) is 6.98. The van der Waals surface area contributed by atoms with Crippen LogP contribution in [0.3, 0.4) is 0 Å². The third kappa shape index (κ3) is 5.61. The van der Waals surface area contributed by atoms with Crippen LogP contribution in [0.4, 0.5) is 5.69 Å². The minimum atomic E-state index is -0.345. The fraction of sp³-hybridized carbons (Fsp3) is 0.429. The first kappa shape index (κ1) is 17.3. The van der Waals surface area contributed by atoms with Crippen molar-refractivity contribution < 1.29 is 14.3 Å². The minimum absolute atomic E-state index is 0.0439. The standard InChI is InChI=1S/C14H20ClN3O3/c1-18(9-13(19)17-6-3-7-21-2)14(20)11-8-10(15)4-5-12(11)16/h4-5,8H,3,6-7,9,16H2,1-2H3,(H,17,19). The van der Waals surface area contributed by atoms with Crippen molar-refractivity contribution in [2.24, 2.45) is 0 Å². The Labute approximate surface area is 129 Å². The molecule has 0 spiro atoms. The number of amides is 2. The lowest BCUT2D eigenvalue weighted by Gasteiger charge is -2.18. The van der Waals surface area contributed by atoms with Gasteiger partial charge in [-0.1, -0.05) is 11.6 Å². The lowest BCUT2D eigenvalue weighted by Crippen LogP contribution is -2.39. The highest BCUT2D eigenvalue weighted by Gasteiger charge is 2.17. The van der Waals surface area contributed by atoms with Gasteiger partial charge in [0.15, 0.2) is 0 Å². The average Bonchev–Trinajstić information content (AvgIpc) is 2.45. The summed E-state index contributed by atoms with van der Waals surface area (Å²) >= 11 is 5.85. The third-order valence-corrected chi connectivity index (χ3v) is 3.06. The first-order valence-corrected chi connectivity index (χ1v) is 6.89. The minimum Gasteiger partial charge on any atom is -0.398 e. The zero-order chi connectivity index (χ0) is 15.8. The number of rotatable bonds is 7. The summed E-state index contributed by atoms with van der Waals surface area (Å²) in [7, 11) is 3.14. The summed E-state index contributed by atoms with van der Waals surface area (Å²) in [5.41, 5.74) is 6.37. The number of hydrogen-bond donors (Lipinski definition) is 2. The predicted molar refractivity (Wildman–Crippen MR) is 82.3 cm³/mol. The van der Waals surface area contributed by atoms with E-state index in [9.17, 15) is 9.59 Å². The van der Waals surface area contributed by atoms with E-state index in [-0.39, 0.29) is 23.9 Å². The van der Waals surface area contributed by atoms with Crippen LogP contribution in [-0.4, -0.2) is 50.6 Å². The van der Waals surface area contributed by atoms with Crippen molar-refractivity contribution in [3.05, 3.63) is 28.8 Å². The molecule has 0 fully saturated rings. The van der Waals surface area contributed by atoms with Gasteiger partial charge in [0, 0.05) is 38.0 Å².